The number of aryl methyl sites for hydroxylation is 2. The van der Waals surface area contributed by atoms with Gasteiger partial charge in [-0.25, -0.2) is 9.97 Å². The third kappa shape index (κ3) is 4.80. The summed E-state index contributed by atoms with van der Waals surface area (Å²) in [4.78, 5) is 23.7. The lowest BCUT2D eigenvalue weighted by molar-refractivity contribution is 0.102. The second kappa shape index (κ2) is 9.93. The third-order valence-corrected chi connectivity index (χ3v) is 6.38. The van der Waals surface area contributed by atoms with E-state index in [4.69, 9.17) is 10.2 Å². The van der Waals surface area contributed by atoms with E-state index in [0.29, 0.717) is 28.9 Å². The van der Waals surface area contributed by atoms with Gasteiger partial charge in [-0.15, -0.1) is 12.4 Å². The molecule has 1 aliphatic heterocycles. The molecule has 1 aliphatic rings. The van der Waals surface area contributed by atoms with Crippen molar-refractivity contribution in [3.05, 3.63) is 48.1 Å². The molecule has 1 fully saturated rings. The van der Waals surface area contributed by atoms with E-state index in [9.17, 15) is 9.90 Å². The Labute approximate surface area is 208 Å². The van der Waals surface area contributed by atoms with Gasteiger partial charge < -0.3 is 25.5 Å². The Morgan fingerprint density at radius 1 is 1.29 bits per heavy atom. The van der Waals surface area contributed by atoms with Crippen LogP contribution in [-0.2, 0) is 7.05 Å². The number of benzene rings is 1. The topological polar surface area (TPSA) is 135 Å². The number of nitrogen functional groups attached to an aromatic ring is 1. The van der Waals surface area contributed by atoms with Crippen molar-refractivity contribution in [1.29, 1.82) is 0 Å². The molecule has 1 saturated heterocycles. The van der Waals surface area contributed by atoms with Crippen molar-refractivity contribution in [3.63, 3.8) is 0 Å². The Morgan fingerprint density at radius 2 is 2.06 bits per heavy atom. The molecule has 0 aliphatic carbocycles. The fourth-order valence-corrected chi connectivity index (χ4v) is 4.46. The first-order valence-corrected chi connectivity index (χ1v) is 11.2. The maximum Gasteiger partial charge on any atom is 0.277 e. The number of aromatic nitrogens is 4. The summed E-state index contributed by atoms with van der Waals surface area (Å²) in [6.45, 7) is 3.79. The summed E-state index contributed by atoms with van der Waals surface area (Å²) in [6, 6.07) is 7.39. The van der Waals surface area contributed by atoms with Gasteiger partial charge in [0, 0.05) is 43.9 Å². The highest BCUT2D eigenvalue weighted by molar-refractivity contribution is 6.06. The van der Waals surface area contributed by atoms with Crippen molar-refractivity contribution in [2.45, 2.75) is 19.8 Å². The number of hydrogen-bond donors (Lipinski definition) is 3. The Morgan fingerprint density at radius 3 is 2.77 bits per heavy atom. The van der Waals surface area contributed by atoms with Crippen molar-refractivity contribution in [3.8, 4) is 11.5 Å². The number of carbonyl (C=O) groups excluding carboxylic acids is 1. The van der Waals surface area contributed by atoms with E-state index >= 15 is 0 Å². The van der Waals surface area contributed by atoms with Gasteiger partial charge in [-0.2, -0.15) is 5.10 Å². The predicted molar refractivity (Wildman–Crippen MR) is 137 cm³/mol. The van der Waals surface area contributed by atoms with Gasteiger partial charge >= 0.3 is 0 Å². The van der Waals surface area contributed by atoms with E-state index in [2.05, 4.69) is 31.3 Å². The van der Waals surface area contributed by atoms with E-state index in [1.54, 1.807) is 18.3 Å². The van der Waals surface area contributed by atoms with Gasteiger partial charge in [-0.05, 0) is 49.9 Å². The average Bonchev–Trinajstić information content (AvgIpc) is 3.44. The van der Waals surface area contributed by atoms with Crippen LogP contribution in [0.1, 0.15) is 29.0 Å². The maximum absolute atomic E-state index is 13.1. The molecule has 11 heteroatoms. The first kappa shape index (κ1) is 24.5. The van der Waals surface area contributed by atoms with E-state index in [1.165, 1.54) is 6.26 Å². The number of hydrogen-bond acceptors (Lipinski definition) is 8. The fraction of sp³-hybridized carbons (Fsp3) is 0.333. The standard InChI is InChI=1S/C24H27N7O3.ClH/c1-14-17-10-21(31-7-4-15(12-32)5-8-31)18(11-20(17)30(2)29-14)27-23(33)19-13-34-24(28-19)16-3-6-26-22(25)9-16;/h3,6,9-11,13,15,32H,4-5,7-8,12H2,1-2H3,(H2,25,26)(H,27,33);1H. The average molecular weight is 498 g/mol. The molecular weight excluding hydrogens is 470 g/mol. The van der Waals surface area contributed by atoms with Gasteiger partial charge in [-0.1, -0.05) is 0 Å². The van der Waals surface area contributed by atoms with Crippen LogP contribution >= 0.6 is 12.4 Å². The van der Waals surface area contributed by atoms with Crippen LogP contribution in [-0.4, -0.2) is 50.5 Å². The number of aliphatic hydroxyl groups excluding tert-OH is 1. The zero-order valence-corrected chi connectivity index (χ0v) is 20.4. The number of halogens is 1. The number of nitrogens with zero attached hydrogens (tertiary/aromatic N) is 5. The van der Waals surface area contributed by atoms with Crippen LogP contribution < -0.4 is 16.0 Å². The normalized spacial score (nSPS) is 14.2. The summed E-state index contributed by atoms with van der Waals surface area (Å²) >= 11 is 0. The molecule has 0 radical (unpaired) electrons. The predicted octanol–water partition coefficient (Wildman–Crippen LogP) is 3.40. The molecule has 0 spiro atoms. The lowest BCUT2D eigenvalue weighted by atomic mass is 9.97. The molecular formula is C24H28ClN7O3. The molecule has 35 heavy (non-hydrogen) atoms. The number of oxazole rings is 1. The number of rotatable bonds is 5. The summed E-state index contributed by atoms with van der Waals surface area (Å²) in [5.41, 5.74) is 10.0. The van der Waals surface area contributed by atoms with Gasteiger partial charge in [-0.3, -0.25) is 9.48 Å². The first-order chi connectivity index (χ1) is 16.4. The van der Waals surface area contributed by atoms with Gasteiger partial charge in [0.15, 0.2) is 5.69 Å². The summed E-state index contributed by atoms with van der Waals surface area (Å²) in [6.07, 6.45) is 4.69. The van der Waals surface area contributed by atoms with Crippen molar-refractivity contribution in [2.24, 2.45) is 13.0 Å². The third-order valence-electron chi connectivity index (χ3n) is 6.38. The molecule has 184 valence electrons. The number of fused-ring (bicyclic) bond motifs is 1. The molecule has 5 rings (SSSR count). The second-order valence-electron chi connectivity index (χ2n) is 8.67. The van der Waals surface area contributed by atoms with Crippen LogP contribution in [0, 0.1) is 12.8 Å². The van der Waals surface area contributed by atoms with E-state index < -0.39 is 0 Å². The number of nitrogens with two attached hydrogens (primary N) is 1. The Balaban J connectivity index is 0.00000289. The molecule has 4 aromatic rings. The molecule has 1 amide bonds. The SMILES string of the molecule is Cc1nn(C)c2cc(NC(=O)c3coc(-c4ccnc(N)c4)n3)c(N3CCC(CO)CC3)cc12.Cl. The van der Waals surface area contributed by atoms with Crippen molar-refractivity contribution < 1.29 is 14.3 Å². The zero-order valence-electron chi connectivity index (χ0n) is 19.6. The van der Waals surface area contributed by atoms with Gasteiger partial charge in [0.2, 0.25) is 5.89 Å². The quantitative estimate of drug-likeness (QED) is 0.381. The van der Waals surface area contributed by atoms with E-state index in [1.807, 2.05) is 24.7 Å². The van der Waals surface area contributed by atoms with Crippen LogP contribution in [0.2, 0.25) is 0 Å². The Bertz CT molecular complexity index is 1360. The lowest BCUT2D eigenvalue weighted by Gasteiger charge is -2.34. The number of amides is 1. The molecule has 0 unspecified atom stereocenters. The van der Waals surface area contributed by atoms with Crippen LogP contribution in [0.5, 0.6) is 0 Å². The number of nitrogens with one attached hydrogen (secondary N) is 1. The minimum Gasteiger partial charge on any atom is -0.444 e. The monoisotopic (exact) mass is 497 g/mol. The first-order valence-electron chi connectivity index (χ1n) is 11.2. The highest BCUT2D eigenvalue weighted by atomic mass is 35.5. The summed E-state index contributed by atoms with van der Waals surface area (Å²) in [7, 11) is 1.89. The Kier molecular flexibility index (Phi) is 6.95. The Hall–Kier alpha value is -3.63. The van der Waals surface area contributed by atoms with Crippen LogP contribution in [0.3, 0.4) is 0 Å². The molecule has 4 heterocycles. The number of carbonyl (C=O) groups is 1. The minimum absolute atomic E-state index is 0. The molecule has 4 N–H and O–H groups in total. The van der Waals surface area contributed by atoms with Crippen molar-refractivity contribution in [1.82, 2.24) is 19.7 Å². The van der Waals surface area contributed by atoms with Gasteiger partial charge in [0.25, 0.3) is 5.91 Å². The van der Waals surface area contributed by atoms with Crippen molar-refractivity contribution >= 4 is 46.4 Å². The fourth-order valence-electron chi connectivity index (χ4n) is 4.46. The van der Waals surface area contributed by atoms with Crippen molar-refractivity contribution in [2.75, 3.05) is 35.6 Å². The highest BCUT2D eigenvalue weighted by Crippen LogP contribution is 2.35. The van der Waals surface area contributed by atoms with E-state index in [-0.39, 0.29) is 30.6 Å². The molecule has 10 nitrogen and oxygen atoms in total. The van der Waals surface area contributed by atoms with E-state index in [0.717, 1.165) is 48.2 Å². The second-order valence-corrected chi connectivity index (χ2v) is 8.67. The van der Waals surface area contributed by atoms with Crippen LogP contribution in [0.25, 0.3) is 22.4 Å². The largest absolute Gasteiger partial charge is 0.444 e. The molecule has 0 bridgehead atoms. The van der Waals surface area contributed by atoms with Gasteiger partial charge in [0.1, 0.15) is 12.1 Å². The molecule has 1 aromatic carbocycles. The molecule has 0 atom stereocenters. The number of pyridine rings is 1. The number of piperidine rings is 1. The molecule has 0 saturated carbocycles. The smallest absolute Gasteiger partial charge is 0.277 e. The van der Waals surface area contributed by atoms with Crippen LogP contribution in [0.15, 0.2) is 41.1 Å². The summed E-state index contributed by atoms with van der Waals surface area (Å²) < 4.78 is 7.33. The minimum atomic E-state index is -0.373. The van der Waals surface area contributed by atoms with Gasteiger partial charge in [0.05, 0.1) is 22.6 Å². The number of aliphatic hydroxyl groups is 1. The van der Waals surface area contributed by atoms with Crippen LogP contribution in [0.4, 0.5) is 17.2 Å². The summed E-state index contributed by atoms with van der Waals surface area (Å²) in [5.74, 6) is 0.579. The zero-order chi connectivity index (χ0) is 23.8. The maximum atomic E-state index is 13.1. The molecule has 3 aromatic heterocycles. The number of anilines is 3. The lowest BCUT2D eigenvalue weighted by Crippen LogP contribution is -2.35. The highest BCUT2D eigenvalue weighted by Gasteiger charge is 2.24. The summed E-state index contributed by atoms with van der Waals surface area (Å²) in [5, 5.41) is 18.1.